The molecule has 0 saturated carbocycles. The molecule has 0 bridgehead atoms. The highest BCUT2D eigenvalue weighted by atomic mass is 19.3. The van der Waals surface area contributed by atoms with Gasteiger partial charge in [-0.05, 0) is 18.1 Å². The van der Waals surface area contributed by atoms with Gasteiger partial charge in [0.2, 0.25) is 0 Å². The van der Waals surface area contributed by atoms with Gasteiger partial charge in [-0.3, -0.25) is 0 Å². The summed E-state index contributed by atoms with van der Waals surface area (Å²) in [5.41, 5.74) is 1.69. The minimum Gasteiger partial charge on any atom is -0.433 e. The number of ether oxygens (including phenoxy) is 1. The number of hydrogen-bond donors (Lipinski definition) is 0. The van der Waals surface area contributed by atoms with Crippen LogP contribution in [0.3, 0.4) is 0 Å². The second kappa shape index (κ2) is 4.99. The lowest BCUT2D eigenvalue weighted by Gasteiger charge is -2.13. The molecular weight excluding hydrogens is 250 g/mol. The predicted octanol–water partition coefficient (Wildman–Crippen LogP) is 3.99. The molecule has 0 aliphatic rings. The zero-order valence-electron chi connectivity index (χ0n) is 11.1. The molecule has 0 unspecified atom stereocenters. The number of aromatic nitrogens is 2. The van der Waals surface area contributed by atoms with E-state index in [1.54, 1.807) is 23.0 Å². The SMILES string of the molecule is CC(C)c1cn(-c2cccc(OC(C)(F)F)c2)cn1. The Bertz CT molecular complexity index is 559. The Morgan fingerprint density at radius 1 is 1.32 bits per heavy atom. The highest BCUT2D eigenvalue weighted by molar-refractivity contribution is 5.39. The van der Waals surface area contributed by atoms with E-state index in [-0.39, 0.29) is 5.75 Å². The van der Waals surface area contributed by atoms with Crippen molar-refractivity contribution in [3.63, 3.8) is 0 Å². The van der Waals surface area contributed by atoms with Crippen molar-refractivity contribution < 1.29 is 13.5 Å². The van der Waals surface area contributed by atoms with E-state index < -0.39 is 6.11 Å². The second-order valence-electron chi connectivity index (χ2n) is 4.77. The number of halogens is 2. The van der Waals surface area contributed by atoms with E-state index in [1.165, 1.54) is 6.07 Å². The Hall–Kier alpha value is -1.91. The zero-order chi connectivity index (χ0) is 14.0. The summed E-state index contributed by atoms with van der Waals surface area (Å²) in [4.78, 5) is 4.27. The minimum absolute atomic E-state index is 0.129. The fraction of sp³-hybridized carbons (Fsp3) is 0.357. The van der Waals surface area contributed by atoms with Gasteiger partial charge in [0.15, 0.2) is 0 Å². The summed E-state index contributed by atoms with van der Waals surface area (Å²) in [6.45, 7) is 4.81. The third-order valence-electron chi connectivity index (χ3n) is 2.61. The van der Waals surface area contributed by atoms with E-state index in [9.17, 15) is 8.78 Å². The van der Waals surface area contributed by atoms with E-state index in [0.717, 1.165) is 11.4 Å². The van der Waals surface area contributed by atoms with Crippen molar-refractivity contribution >= 4 is 0 Å². The van der Waals surface area contributed by atoms with Crippen molar-refractivity contribution in [3.05, 3.63) is 42.5 Å². The maximum atomic E-state index is 12.8. The van der Waals surface area contributed by atoms with Crippen LogP contribution in [0.4, 0.5) is 8.78 Å². The first kappa shape index (κ1) is 13.5. The van der Waals surface area contributed by atoms with Crippen LogP contribution in [0, 0.1) is 0 Å². The molecule has 0 aliphatic heterocycles. The normalized spacial score (nSPS) is 11.9. The highest BCUT2D eigenvalue weighted by Gasteiger charge is 2.23. The lowest BCUT2D eigenvalue weighted by atomic mass is 10.2. The molecule has 0 fully saturated rings. The summed E-state index contributed by atoms with van der Waals surface area (Å²) in [5, 5.41) is 0. The first-order chi connectivity index (χ1) is 8.85. The molecule has 5 heteroatoms. The van der Waals surface area contributed by atoms with Gasteiger partial charge in [0.25, 0.3) is 0 Å². The maximum absolute atomic E-state index is 12.8. The highest BCUT2D eigenvalue weighted by Crippen LogP contribution is 2.24. The van der Waals surface area contributed by atoms with Crippen LogP contribution in [-0.2, 0) is 0 Å². The van der Waals surface area contributed by atoms with Gasteiger partial charge < -0.3 is 9.30 Å². The Morgan fingerprint density at radius 2 is 2.05 bits per heavy atom. The van der Waals surface area contributed by atoms with E-state index in [1.807, 2.05) is 26.1 Å². The Balaban J connectivity index is 2.27. The van der Waals surface area contributed by atoms with Crippen LogP contribution < -0.4 is 4.74 Å². The van der Waals surface area contributed by atoms with Gasteiger partial charge in [-0.15, -0.1) is 0 Å². The Morgan fingerprint density at radius 3 is 2.63 bits per heavy atom. The van der Waals surface area contributed by atoms with Crippen LogP contribution in [0.25, 0.3) is 5.69 Å². The van der Waals surface area contributed by atoms with E-state index >= 15 is 0 Å². The molecule has 1 aromatic heterocycles. The molecule has 102 valence electrons. The molecule has 0 saturated heterocycles. The van der Waals surface area contributed by atoms with Crippen LogP contribution in [0.5, 0.6) is 5.75 Å². The number of hydrogen-bond acceptors (Lipinski definition) is 2. The lowest BCUT2D eigenvalue weighted by Crippen LogP contribution is -2.19. The summed E-state index contributed by atoms with van der Waals surface area (Å²) in [5.74, 6) is 0.449. The van der Waals surface area contributed by atoms with Crippen LogP contribution in [0.15, 0.2) is 36.8 Å². The van der Waals surface area contributed by atoms with Crippen molar-refractivity contribution in [2.45, 2.75) is 32.8 Å². The lowest BCUT2D eigenvalue weighted by molar-refractivity contribution is -0.158. The number of benzene rings is 1. The topological polar surface area (TPSA) is 27.1 Å². The molecule has 1 aromatic carbocycles. The molecule has 2 rings (SSSR count). The first-order valence-electron chi connectivity index (χ1n) is 6.06. The number of nitrogens with zero attached hydrogens (tertiary/aromatic N) is 2. The molecule has 3 nitrogen and oxygen atoms in total. The molecule has 0 N–H and O–H groups in total. The summed E-state index contributed by atoms with van der Waals surface area (Å²) in [7, 11) is 0. The van der Waals surface area contributed by atoms with Crippen LogP contribution in [0.1, 0.15) is 32.4 Å². The van der Waals surface area contributed by atoms with Gasteiger partial charge in [-0.1, -0.05) is 19.9 Å². The maximum Gasteiger partial charge on any atom is 0.394 e. The predicted molar refractivity (Wildman–Crippen MR) is 68.9 cm³/mol. The van der Waals surface area contributed by atoms with Crippen molar-refractivity contribution in [2.24, 2.45) is 0 Å². The van der Waals surface area contributed by atoms with Crippen molar-refractivity contribution in [1.82, 2.24) is 9.55 Å². The van der Waals surface area contributed by atoms with Crippen LogP contribution in [0.2, 0.25) is 0 Å². The molecule has 0 spiro atoms. The average Bonchev–Trinajstić information content (AvgIpc) is 2.76. The number of alkyl halides is 2. The molecule has 0 atom stereocenters. The van der Waals surface area contributed by atoms with Crippen LogP contribution >= 0.6 is 0 Å². The minimum atomic E-state index is -3.18. The first-order valence-corrected chi connectivity index (χ1v) is 6.06. The molecule has 0 aliphatic carbocycles. The van der Waals surface area contributed by atoms with E-state index in [2.05, 4.69) is 9.72 Å². The third-order valence-corrected chi connectivity index (χ3v) is 2.61. The quantitative estimate of drug-likeness (QED) is 0.836. The van der Waals surface area contributed by atoms with E-state index in [0.29, 0.717) is 12.8 Å². The Labute approximate surface area is 110 Å². The summed E-state index contributed by atoms with van der Waals surface area (Å²) in [6, 6.07) is 6.54. The third kappa shape index (κ3) is 3.53. The Kier molecular flexibility index (Phi) is 3.55. The van der Waals surface area contributed by atoms with Gasteiger partial charge in [-0.2, -0.15) is 8.78 Å². The fourth-order valence-electron chi connectivity index (χ4n) is 1.69. The summed E-state index contributed by atoms with van der Waals surface area (Å²) < 4.78 is 32.0. The number of rotatable bonds is 4. The van der Waals surface area contributed by atoms with Crippen molar-refractivity contribution in [1.29, 1.82) is 0 Å². The average molecular weight is 266 g/mol. The van der Waals surface area contributed by atoms with Gasteiger partial charge >= 0.3 is 6.11 Å². The van der Waals surface area contributed by atoms with Gasteiger partial charge in [-0.25, -0.2) is 4.98 Å². The largest absolute Gasteiger partial charge is 0.433 e. The van der Waals surface area contributed by atoms with Gasteiger partial charge in [0, 0.05) is 19.2 Å². The molecular formula is C14H16F2N2O. The molecule has 2 aromatic rings. The molecule has 0 amide bonds. The fourth-order valence-corrected chi connectivity index (χ4v) is 1.69. The van der Waals surface area contributed by atoms with Crippen molar-refractivity contribution in [3.8, 4) is 11.4 Å². The smallest absolute Gasteiger partial charge is 0.394 e. The summed E-state index contributed by atoms with van der Waals surface area (Å²) in [6.07, 6.45) is 0.364. The van der Waals surface area contributed by atoms with Crippen LogP contribution in [-0.4, -0.2) is 15.7 Å². The zero-order valence-corrected chi connectivity index (χ0v) is 11.1. The second-order valence-corrected chi connectivity index (χ2v) is 4.77. The monoisotopic (exact) mass is 266 g/mol. The molecule has 1 heterocycles. The molecule has 19 heavy (non-hydrogen) atoms. The molecule has 0 radical (unpaired) electrons. The standard InChI is InChI=1S/C14H16F2N2O/c1-10(2)13-8-18(9-17-13)11-5-4-6-12(7-11)19-14(3,15)16/h4-10H,1-3H3. The van der Waals surface area contributed by atoms with Gasteiger partial charge in [0.1, 0.15) is 5.75 Å². The van der Waals surface area contributed by atoms with E-state index in [4.69, 9.17) is 0 Å². The van der Waals surface area contributed by atoms with Crippen molar-refractivity contribution in [2.75, 3.05) is 0 Å². The summed E-state index contributed by atoms with van der Waals surface area (Å²) >= 11 is 0. The number of imidazole rings is 1. The van der Waals surface area contributed by atoms with Gasteiger partial charge in [0.05, 0.1) is 17.7 Å².